The summed E-state index contributed by atoms with van der Waals surface area (Å²) in [5, 5.41) is 13.1. The van der Waals surface area contributed by atoms with Crippen molar-refractivity contribution in [2.75, 3.05) is 26.2 Å². The molecule has 0 radical (unpaired) electrons. The van der Waals surface area contributed by atoms with Crippen molar-refractivity contribution < 1.29 is 5.11 Å². The van der Waals surface area contributed by atoms with Gasteiger partial charge < -0.3 is 15.3 Å². The fourth-order valence-electron chi connectivity index (χ4n) is 2.84. The van der Waals surface area contributed by atoms with Crippen molar-refractivity contribution in [1.82, 2.24) is 10.2 Å². The lowest BCUT2D eigenvalue weighted by atomic mass is 9.92. The third-order valence-electron chi connectivity index (χ3n) is 3.96. The molecule has 3 heteroatoms. The van der Waals surface area contributed by atoms with Crippen LogP contribution < -0.4 is 5.32 Å². The minimum atomic E-state index is -0.114. The Morgan fingerprint density at radius 3 is 2.60 bits per heavy atom. The second kappa shape index (κ2) is 5.28. The van der Waals surface area contributed by atoms with E-state index in [-0.39, 0.29) is 6.10 Å². The number of nitrogens with zero attached hydrogens (tertiary/aromatic N) is 1. The second-order valence-electron chi connectivity index (χ2n) is 5.17. The Hall–Kier alpha value is -0.120. The van der Waals surface area contributed by atoms with Crippen molar-refractivity contribution in [3.63, 3.8) is 0 Å². The lowest BCUT2D eigenvalue weighted by Crippen LogP contribution is -2.43. The number of likely N-dealkylation sites (tertiary alicyclic amines) is 1. The van der Waals surface area contributed by atoms with Crippen LogP contribution in [0.15, 0.2) is 0 Å². The van der Waals surface area contributed by atoms with E-state index in [0.717, 1.165) is 6.04 Å². The van der Waals surface area contributed by atoms with Crippen molar-refractivity contribution in [2.24, 2.45) is 5.92 Å². The van der Waals surface area contributed by atoms with Gasteiger partial charge >= 0.3 is 0 Å². The highest BCUT2D eigenvalue weighted by Crippen LogP contribution is 2.21. The highest BCUT2D eigenvalue weighted by Gasteiger charge is 2.24. The molecule has 0 aromatic carbocycles. The van der Waals surface area contributed by atoms with Crippen molar-refractivity contribution >= 4 is 0 Å². The van der Waals surface area contributed by atoms with Crippen LogP contribution in [0.4, 0.5) is 0 Å². The van der Waals surface area contributed by atoms with E-state index in [4.69, 9.17) is 0 Å². The molecule has 0 amide bonds. The molecule has 0 aromatic rings. The average molecular weight is 212 g/mol. The zero-order chi connectivity index (χ0) is 10.7. The van der Waals surface area contributed by atoms with Gasteiger partial charge in [0.25, 0.3) is 0 Å². The molecule has 15 heavy (non-hydrogen) atoms. The molecule has 1 unspecified atom stereocenters. The van der Waals surface area contributed by atoms with Gasteiger partial charge in [-0.15, -0.1) is 0 Å². The molecule has 0 aromatic heterocycles. The number of hydrogen-bond donors (Lipinski definition) is 2. The minimum absolute atomic E-state index is 0.114. The molecule has 2 aliphatic heterocycles. The quantitative estimate of drug-likeness (QED) is 0.727. The van der Waals surface area contributed by atoms with Gasteiger partial charge in [0.05, 0.1) is 6.10 Å². The lowest BCUT2D eigenvalue weighted by molar-refractivity contribution is 0.0693. The zero-order valence-corrected chi connectivity index (χ0v) is 9.78. The minimum Gasteiger partial charge on any atom is -0.393 e. The van der Waals surface area contributed by atoms with E-state index in [9.17, 15) is 5.11 Å². The summed E-state index contributed by atoms with van der Waals surface area (Å²) in [5.74, 6) is 0.540. The second-order valence-corrected chi connectivity index (χ2v) is 5.17. The number of hydrogen-bond acceptors (Lipinski definition) is 3. The van der Waals surface area contributed by atoms with Crippen molar-refractivity contribution in [2.45, 2.75) is 44.8 Å². The number of nitrogens with one attached hydrogen (secondary N) is 1. The Bertz CT molecular complexity index is 182. The molecule has 0 bridgehead atoms. The summed E-state index contributed by atoms with van der Waals surface area (Å²) < 4.78 is 0. The first kappa shape index (κ1) is 11.4. The van der Waals surface area contributed by atoms with Crippen LogP contribution in [0.5, 0.6) is 0 Å². The van der Waals surface area contributed by atoms with Crippen LogP contribution in [0.3, 0.4) is 0 Å². The van der Waals surface area contributed by atoms with Gasteiger partial charge in [0.15, 0.2) is 0 Å². The zero-order valence-electron chi connectivity index (χ0n) is 9.78. The van der Waals surface area contributed by atoms with E-state index in [1.54, 1.807) is 0 Å². The summed E-state index contributed by atoms with van der Waals surface area (Å²) in [6.07, 6.45) is 4.91. The Balaban J connectivity index is 1.68. The third-order valence-corrected chi connectivity index (χ3v) is 3.96. The fourth-order valence-corrected chi connectivity index (χ4v) is 2.84. The van der Waals surface area contributed by atoms with Gasteiger partial charge in [0.2, 0.25) is 0 Å². The number of aliphatic hydroxyl groups is 1. The molecule has 2 heterocycles. The van der Waals surface area contributed by atoms with Crippen LogP contribution in [0, 0.1) is 5.92 Å². The Labute approximate surface area is 92.8 Å². The summed E-state index contributed by atoms with van der Waals surface area (Å²) in [7, 11) is 0. The average Bonchev–Trinajstić information content (AvgIpc) is 2.71. The summed E-state index contributed by atoms with van der Waals surface area (Å²) in [5.41, 5.74) is 0. The summed E-state index contributed by atoms with van der Waals surface area (Å²) in [6.45, 7) is 6.70. The number of piperidine rings is 1. The van der Waals surface area contributed by atoms with E-state index in [2.05, 4.69) is 10.2 Å². The molecule has 2 aliphatic rings. The van der Waals surface area contributed by atoms with Crippen LogP contribution in [0.2, 0.25) is 0 Å². The van der Waals surface area contributed by atoms with Crippen LogP contribution in [0.1, 0.15) is 32.6 Å². The Morgan fingerprint density at radius 1 is 1.33 bits per heavy atom. The van der Waals surface area contributed by atoms with E-state index in [1.165, 1.54) is 51.9 Å². The van der Waals surface area contributed by atoms with Crippen LogP contribution in [-0.4, -0.2) is 48.3 Å². The maximum atomic E-state index is 9.52. The number of aliphatic hydroxyl groups excluding tert-OH is 1. The van der Waals surface area contributed by atoms with Crippen LogP contribution in [0.25, 0.3) is 0 Å². The summed E-state index contributed by atoms with van der Waals surface area (Å²) >= 11 is 0. The third kappa shape index (κ3) is 3.16. The van der Waals surface area contributed by atoms with E-state index in [1.807, 2.05) is 6.92 Å². The maximum absolute atomic E-state index is 9.52. The van der Waals surface area contributed by atoms with Crippen LogP contribution in [-0.2, 0) is 0 Å². The predicted octanol–water partition coefficient (Wildman–Crippen LogP) is 0.831. The summed E-state index contributed by atoms with van der Waals surface area (Å²) in [4.78, 5) is 2.56. The topological polar surface area (TPSA) is 35.5 Å². The standard InChI is InChI=1S/C12H24N2O/c1-10(15)11-4-7-14(8-5-11)9-12-3-2-6-13-12/h10-13,15H,2-9H2,1H3/t10?,12-/m0/s1. The van der Waals surface area contributed by atoms with E-state index < -0.39 is 0 Å². The summed E-state index contributed by atoms with van der Waals surface area (Å²) in [6, 6.07) is 0.730. The van der Waals surface area contributed by atoms with Crippen molar-refractivity contribution in [3.8, 4) is 0 Å². The molecule has 2 N–H and O–H groups in total. The van der Waals surface area contributed by atoms with Gasteiger partial charge in [-0.3, -0.25) is 0 Å². The molecule has 3 nitrogen and oxygen atoms in total. The predicted molar refractivity (Wildman–Crippen MR) is 61.9 cm³/mol. The molecule has 2 atom stereocenters. The normalized spacial score (nSPS) is 32.0. The number of rotatable bonds is 3. The first-order valence-corrected chi connectivity index (χ1v) is 6.39. The van der Waals surface area contributed by atoms with Gasteiger partial charge in [-0.1, -0.05) is 0 Å². The fraction of sp³-hybridized carbons (Fsp3) is 1.00. The molecule has 2 saturated heterocycles. The molecule has 0 aliphatic carbocycles. The van der Waals surface area contributed by atoms with Gasteiger partial charge in [-0.2, -0.15) is 0 Å². The molecule has 2 fully saturated rings. The Kier molecular flexibility index (Phi) is 4.00. The molecule has 88 valence electrons. The first-order chi connectivity index (χ1) is 7.25. The van der Waals surface area contributed by atoms with Gasteiger partial charge in [-0.25, -0.2) is 0 Å². The van der Waals surface area contributed by atoms with Gasteiger partial charge in [0, 0.05) is 12.6 Å². The van der Waals surface area contributed by atoms with Crippen LogP contribution >= 0.6 is 0 Å². The van der Waals surface area contributed by atoms with Crippen molar-refractivity contribution in [1.29, 1.82) is 0 Å². The monoisotopic (exact) mass is 212 g/mol. The van der Waals surface area contributed by atoms with E-state index >= 15 is 0 Å². The van der Waals surface area contributed by atoms with Gasteiger partial charge in [-0.05, 0) is 58.2 Å². The molecule has 2 rings (SSSR count). The largest absolute Gasteiger partial charge is 0.393 e. The maximum Gasteiger partial charge on any atom is 0.0541 e. The smallest absolute Gasteiger partial charge is 0.0541 e. The Morgan fingerprint density at radius 2 is 2.07 bits per heavy atom. The van der Waals surface area contributed by atoms with E-state index in [0.29, 0.717) is 5.92 Å². The first-order valence-electron chi connectivity index (χ1n) is 6.39. The highest BCUT2D eigenvalue weighted by molar-refractivity contribution is 4.81. The van der Waals surface area contributed by atoms with Gasteiger partial charge in [0.1, 0.15) is 0 Å². The molecular weight excluding hydrogens is 188 g/mol. The molecular formula is C12H24N2O. The lowest BCUT2D eigenvalue weighted by Gasteiger charge is -2.34. The molecule has 0 saturated carbocycles. The molecule has 0 spiro atoms. The highest BCUT2D eigenvalue weighted by atomic mass is 16.3. The SMILES string of the molecule is CC(O)C1CCN(C[C@@H]2CCCN2)CC1. The van der Waals surface area contributed by atoms with Crippen molar-refractivity contribution in [3.05, 3.63) is 0 Å².